The van der Waals surface area contributed by atoms with E-state index in [0.717, 1.165) is 35.0 Å². The Labute approximate surface area is 175 Å². The lowest BCUT2D eigenvalue weighted by Gasteiger charge is -2.29. The second kappa shape index (κ2) is 7.02. The minimum absolute atomic E-state index is 0.220. The van der Waals surface area contributed by atoms with Gasteiger partial charge in [0.1, 0.15) is 0 Å². The van der Waals surface area contributed by atoms with E-state index in [1.165, 1.54) is 16.5 Å². The van der Waals surface area contributed by atoms with Crippen molar-refractivity contribution in [1.29, 1.82) is 0 Å². The van der Waals surface area contributed by atoms with Crippen LogP contribution in [0.4, 0.5) is 10.5 Å². The predicted octanol–water partition coefficient (Wildman–Crippen LogP) is 4.51. The third kappa shape index (κ3) is 2.94. The molecule has 1 heterocycles. The highest BCUT2D eigenvalue weighted by Crippen LogP contribution is 2.38. The summed E-state index contributed by atoms with van der Waals surface area (Å²) in [5, 5.41) is 11.1. The monoisotopic (exact) mass is 397 g/mol. The first-order chi connectivity index (χ1) is 14.5. The van der Waals surface area contributed by atoms with Gasteiger partial charge in [-0.15, -0.1) is 0 Å². The number of rotatable bonds is 3. The number of amides is 3. The van der Waals surface area contributed by atoms with E-state index in [4.69, 9.17) is 0 Å². The molecule has 0 saturated heterocycles. The summed E-state index contributed by atoms with van der Waals surface area (Å²) in [6.07, 6.45) is 2.06. The van der Waals surface area contributed by atoms with Crippen LogP contribution in [0.2, 0.25) is 0 Å². The predicted molar refractivity (Wildman–Crippen MR) is 118 cm³/mol. The van der Waals surface area contributed by atoms with Crippen LogP contribution >= 0.6 is 0 Å². The lowest BCUT2D eigenvalue weighted by molar-refractivity contribution is -0.113. The Morgan fingerprint density at radius 3 is 2.53 bits per heavy atom. The normalized spacial score (nSPS) is 17.7. The van der Waals surface area contributed by atoms with Gasteiger partial charge < -0.3 is 16.0 Å². The molecule has 1 atom stereocenters. The number of carbonyl (C=O) groups excluding carboxylic acids is 2. The molecule has 0 saturated carbocycles. The molecule has 3 aromatic rings. The van der Waals surface area contributed by atoms with Gasteiger partial charge in [-0.05, 0) is 65.8 Å². The summed E-state index contributed by atoms with van der Waals surface area (Å²) < 4.78 is 0. The van der Waals surface area contributed by atoms with Crippen LogP contribution in [0.3, 0.4) is 0 Å². The Balaban J connectivity index is 1.61. The maximum absolute atomic E-state index is 13.3. The molecule has 5 rings (SSSR count). The zero-order valence-electron chi connectivity index (χ0n) is 17.0. The number of nitrogens with one attached hydrogen (secondary N) is 3. The van der Waals surface area contributed by atoms with E-state index in [0.29, 0.717) is 11.3 Å². The number of hydrogen-bond acceptors (Lipinski definition) is 2. The van der Waals surface area contributed by atoms with Gasteiger partial charge in [0.2, 0.25) is 0 Å². The van der Waals surface area contributed by atoms with Crippen molar-refractivity contribution in [3.05, 3.63) is 88.1 Å². The number of urea groups is 1. The summed E-state index contributed by atoms with van der Waals surface area (Å²) in [6.45, 7) is 3.73. The van der Waals surface area contributed by atoms with Crippen molar-refractivity contribution in [3.8, 4) is 0 Å². The van der Waals surface area contributed by atoms with Crippen molar-refractivity contribution >= 4 is 28.4 Å². The lowest BCUT2D eigenvalue weighted by atomic mass is 9.89. The van der Waals surface area contributed by atoms with Crippen molar-refractivity contribution in [2.45, 2.75) is 32.7 Å². The number of benzene rings is 3. The fourth-order valence-electron chi connectivity index (χ4n) is 4.65. The average molecular weight is 397 g/mol. The van der Waals surface area contributed by atoms with Crippen LogP contribution in [-0.2, 0) is 17.6 Å². The zero-order valence-corrected chi connectivity index (χ0v) is 17.0. The molecule has 5 nitrogen and oxygen atoms in total. The minimum atomic E-state index is -0.521. The van der Waals surface area contributed by atoms with E-state index in [1.807, 2.05) is 31.2 Å². The van der Waals surface area contributed by atoms with Gasteiger partial charge in [0.15, 0.2) is 0 Å². The molecule has 150 valence electrons. The van der Waals surface area contributed by atoms with Gasteiger partial charge in [-0.1, -0.05) is 48.5 Å². The minimum Gasteiger partial charge on any atom is -0.327 e. The summed E-state index contributed by atoms with van der Waals surface area (Å²) in [4.78, 5) is 25.7. The Kier molecular flexibility index (Phi) is 4.31. The van der Waals surface area contributed by atoms with Crippen LogP contribution in [-0.4, -0.2) is 11.9 Å². The molecule has 0 spiro atoms. The first kappa shape index (κ1) is 18.4. The molecular formula is C25H23N3O2. The first-order valence-corrected chi connectivity index (χ1v) is 10.2. The summed E-state index contributed by atoms with van der Waals surface area (Å²) in [6, 6.07) is 17.3. The number of aryl methyl sites for hydroxylation is 3. The van der Waals surface area contributed by atoms with E-state index >= 15 is 0 Å². The van der Waals surface area contributed by atoms with Crippen molar-refractivity contribution in [3.63, 3.8) is 0 Å². The maximum Gasteiger partial charge on any atom is 0.319 e. The zero-order chi connectivity index (χ0) is 20.8. The highest BCUT2D eigenvalue weighted by Gasteiger charge is 2.33. The number of anilines is 1. The molecule has 3 N–H and O–H groups in total. The third-order valence-electron chi connectivity index (χ3n) is 6.13. The van der Waals surface area contributed by atoms with Gasteiger partial charge in [-0.2, -0.15) is 0 Å². The standard InChI is InChI=1S/C25H23N3O2/c1-14-6-3-4-9-20(14)27-24(29)21-15(2)26-25(30)28-23(21)19-13-12-17-11-10-16-7-5-8-18(19)22(16)17/h3-9,12-13,23H,10-11H2,1-2H3,(H,27,29)(H2,26,28,30)/t23-/m0/s1. The van der Waals surface area contributed by atoms with Crippen LogP contribution in [0, 0.1) is 6.92 Å². The summed E-state index contributed by atoms with van der Waals surface area (Å²) >= 11 is 0. The number of carbonyl (C=O) groups is 2. The van der Waals surface area contributed by atoms with E-state index in [2.05, 4.69) is 46.3 Å². The largest absolute Gasteiger partial charge is 0.327 e. The third-order valence-corrected chi connectivity index (χ3v) is 6.13. The molecular weight excluding hydrogens is 374 g/mol. The Bertz CT molecular complexity index is 1230. The van der Waals surface area contributed by atoms with Crippen LogP contribution < -0.4 is 16.0 Å². The van der Waals surface area contributed by atoms with Crippen LogP contribution in [0.15, 0.2) is 65.9 Å². The van der Waals surface area contributed by atoms with E-state index in [-0.39, 0.29) is 11.9 Å². The van der Waals surface area contributed by atoms with Crippen molar-refractivity contribution in [1.82, 2.24) is 10.6 Å². The fourth-order valence-corrected chi connectivity index (χ4v) is 4.65. The van der Waals surface area contributed by atoms with Crippen LogP contribution in [0.1, 0.15) is 35.2 Å². The first-order valence-electron chi connectivity index (χ1n) is 10.2. The number of hydrogen-bond donors (Lipinski definition) is 3. The molecule has 3 amide bonds. The van der Waals surface area contributed by atoms with Crippen molar-refractivity contribution < 1.29 is 9.59 Å². The van der Waals surface area contributed by atoms with Gasteiger partial charge in [-0.3, -0.25) is 4.79 Å². The summed E-state index contributed by atoms with van der Waals surface area (Å²) in [5.74, 6) is -0.220. The van der Waals surface area contributed by atoms with E-state index in [1.54, 1.807) is 6.92 Å². The Hall–Kier alpha value is -3.60. The lowest BCUT2D eigenvalue weighted by Crippen LogP contribution is -2.46. The second-order valence-corrected chi connectivity index (χ2v) is 7.99. The summed E-state index contributed by atoms with van der Waals surface area (Å²) in [5.41, 5.74) is 6.45. The SMILES string of the molecule is CC1=C(C(=O)Nc2ccccc2C)[C@H](c2ccc3c4c(cccc24)CC3)NC(=O)N1. The van der Waals surface area contributed by atoms with E-state index < -0.39 is 6.04 Å². The highest BCUT2D eigenvalue weighted by molar-refractivity contribution is 6.08. The smallest absolute Gasteiger partial charge is 0.319 e. The molecule has 3 aromatic carbocycles. The average Bonchev–Trinajstić information content (AvgIpc) is 3.14. The van der Waals surface area contributed by atoms with Crippen molar-refractivity contribution in [2.75, 3.05) is 5.32 Å². The van der Waals surface area contributed by atoms with Crippen molar-refractivity contribution in [2.24, 2.45) is 0 Å². The Morgan fingerprint density at radius 2 is 1.73 bits per heavy atom. The molecule has 0 bridgehead atoms. The van der Waals surface area contributed by atoms with Gasteiger partial charge in [0, 0.05) is 11.4 Å². The fraction of sp³-hybridized carbons (Fsp3) is 0.200. The molecule has 0 fully saturated rings. The van der Waals surface area contributed by atoms with Gasteiger partial charge in [0.25, 0.3) is 5.91 Å². The van der Waals surface area contributed by atoms with Crippen LogP contribution in [0.5, 0.6) is 0 Å². The molecule has 0 unspecified atom stereocenters. The van der Waals surface area contributed by atoms with Gasteiger partial charge in [0.05, 0.1) is 11.6 Å². The maximum atomic E-state index is 13.3. The number of para-hydroxylation sites is 1. The topological polar surface area (TPSA) is 70.2 Å². The summed E-state index contributed by atoms with van der Waals surface area (Å²) in [7, 11) is 0. The second-order valence-electron chi connectivity index (χ2n) is 7.99. The molecule has 1 aliphatic carbocycles. The quantitative estimate of drug-likeness (QED) is 0.608. The Morgan fingerprint density at radius 1 is 0.967 bits per heavy atom. The molecule has 5 heteroatoms. The molecule has 0 aromatic heterocycles. The van der Waals surface area contributed by atoms with Gasteiger partial charge >= 0.3 is 6.03 Å². The van der Waals surface area contributed by atoms with E-state index in [9.17, 15) is 9.59 Å². The number of allylic oxidation sites excluding steroid dienone is 1. The molecule has 1 aliphatic heterocycles. The van der Waals surface area contributed by atoms with Gasteiger partial charge in [-0.25, -0.2) is 4.79 Å². The molecule has 30 heavy (non-hydrogen) atoms. The molecule has 0 radical (unpaired) electrons. The van der Waals surface area contributed by atoms with Crippen LogP contribution in [0.25, 0.3) is 10.8 Å². The highest BCUT2D eigenvalue weighted by atomic mass is 16.2. The molecule has 2 aliphatic rings.